The molecule has 4 heteroatoms. The first-order chi connectivity index (χ1) is 7.07. The summed E-state index contributed by atoms with van der Waals surface area (Å²) in [5.41, 5.74) is 1.08. The van der Waals surface area contributed by atoms with Crippen molar-refractivity contribution < 1.29 is 0 Å². The summed E-state index contributed by atoms with van der Waals surface area (Å²) in [6.07, 6.45) is 0.926. The molecule has 0 aliphatic rings. The van der Waals surface area contributed by atoms with E-state index in [1.54, 1.807) is 0 Å². The minimum atomic E-state index is 0.0606. The number of likely N-dealkylation sites (N-methyl/N-ethyl adjacent to an activating group) is 1. The van der Waals surface area contributed by atoms with Gasteiger partial charge in [0.2, 0.25) is 0 Å². The Bertz CT molecular complexity index is 292. The Morgan fingerprint density at radius 1 is 1.27 bits per heavy atom. The summed E-state index contributed by atoms with van der Waals surface area (Å²) in [5, 5.41) is 14.7. The molecular weight excluding hydrogens is 188 g/mol. The Hall–Kier alpha value is -1.16. The molecule has 15 heavy (non-hydrogen) atoms. The van der Waals surface area contributed by atoms with Crippen molar-refractivity contribution in [2.75, 3.05) is 18.9 Å². The van der Waals surface area contributed by atoms with Crippen LogP contribution in [0.1, 0.15) is 26.5 Å². The number of anilines is 1. The molecule has 1 heterocycles. The van der Waals surface area contributed by atoms with Crippen molar-refractivity contribution >= 4 is 5.82 Å². The van der Waals surface area contributed by atoms with Crippen LogP contribution in [-0.2, 0) is 6.42 Å². The first-order valence-corrected chi connectivity index (χ1v) is 5.33. The lowest BCUT2D eigenvalue weighted by molar-refractivity contribution is 0.447. The van der Waals surface area contributed by atoms with Crippen LogP contribution in [0.5, 0.6) is 0 Å². The highest BCUT2D eigenvalue weighted by atomic mass is 15.2. The Kier molecular flexibility index (Phi) is 4.03. The van der Waals surface area contributed by atoms with Gasteiger partial charge in [0.15, 0.2) is 0 Å². The molecule has 0 unspecified atom stereocenters. The molecule has 0 aliphatic carbocycles. The van der Waals surface area contributed by atoms with Gasteiger partial charge >= 0.3 is 0 Å². The molecule has 1 aromatic heterocycles. The van der Waals surface area contributed by atoms with E-state index in [-0.39, 0.29) is 5.54 Å². The van der Waals surface area contributed by atoms with Crippen LogP contribution in [0.4, 0.5) is 5.82 Å². The minimum Gasteiger partial charge on any atom is -0.367 e. The van der Waals surface area contributed by atoms with Crippen molar-refractivity contribution in [2.24, 2.45) is 0 Å². The van der Waals surface area contributed by atoms with E-state index in [4.69, 9.17) is 0 Å². The summed E-state index contributed by atoms with van der Waals surface area (Å²) in [5.74, 6) is 0.829. The highest BCUT2D eigenvalue weighted by Crippen LogP contribution is 2.06. The van der Waals surface area contributed by atoms with Gasteiger partial charge in [-0.3, -0.25) is 0 Å². The van der Waals surface area contributed by atoms with Crippen LogP contribution in [-0.4, -0.2) is 29.3 Å². The number of nitrogens with one attached hydrogen (secondary N) is 2. The first-order valence-electron chi connectivity index (χ1n) is 5.33. The third-order valence-corrected chi connectivity index (χ3v) is 2.47. The molecule has 0 atom stereocenters. The quantitative estimate of drug-likeness (QED) is 0.769. The van der Waals surface area contributed by atoms with Crippen molar-refractivity contribution in [1.82, 2.24) is 15.5 Å². The zero-order valence-electron chi connectivity index (χ0n) is 9.96. The third kappa shape index (κ3) is 3.83. The fourth-order valence-electron chi connectivity index (χ4n) is 1.04. The van der Waals surface area contributed by atoms with Gasteiger partial charge in [0.05, 0.1) is 5.69 Å². The Labute approximate surface area is 91.5 Å². The van der Waals surface area contributed by atoms with E-state index in [9.17, 15) is 0 Å². The number of hydrogen-bond acceptors (Lipinski definition) is 4. The molecule has 0 amide bonds. The number of rotatable bonds is 5. The smallest absolute Gasteiger partial charge is 0.148 e. The largest absolute Gasteiger partial charge is 0.367 e. The average Bonchev–Trinajstić information content (AvgIpc) is 2.27. The Balaban J connectivity index is 2.51. The van der Waals surface area contributed by atoms with Crippen LogP contribution in [0.15, 0.2) is 12.1 Å². The molecule has 0 saturated carbocycles. The van der Waals surface area contributed by atoms with E-state index in [1.165, 1.54) is 0 Å². The van der Waals surface area contributed by atoms with E-state index in [0.717, 1.165) is 24.5 Å². The molecular formula is C11H20N4. The Morgan fingerprint density at radius 2 is 2.00 bits per heavy atom. The molecule has 0 fully saturated rings. The molecule has 1 rings (SSSR count). The van der Waals surface area contributed by atoms with Crippen LogP contribution < -0.4 is 10.6 Å². The van der Waals surface area contributed by atoms with Gasteiger partial charge in [0, 0.05) is 12.1 Å². The molecule has 0 bridgehead atoms. The topological polar surface area (TPSA) is 49.8 Å². The van der Waals surface area contributed by atoms with Crippen LogP contribution in [0.3, 0.4) is 0 Å². The van der Waals surface area contributed by atoms with Gasteiger partial charge in [-0.15, -0.1) is 5.10 Å². The summed E-state index contributed by atoms with van der Waals surface area (Å²) in [7, 11) is 1.95. The van der Waals surface area contributed by atoms with E-state index in [1.807, 2.05) is 19.2 Å². The lowest BCUT2D eigenvalue weighted by Crippen LogP contribution is -2.42. The zero-order valence-corrected chi connectivity index (χ0v) is 9.96. The van der Waals surface area contributed by atoms with Gasteiger partial charge in [-0.25, -0.2) is 0 Å². The Morgan fingerprint density at radius 3 is 2.47 bits per heavy atom. The molecule has 2 N–H and O–H groups in total. The van der Waals surface area contributed by atoms with Crippen LogP contribution in [0.25, 0.3) is 0 Å². The van der Waals surface area contributed by atoms with Crippen LogP contribution in [0.2, 0.25) is 0 Å². The van der Waals surface area contributed by atoms with Crippen LogP contribution in [0, 0.1) is 0 Å². The van der Waals surface area contributed by atoms with Crippen molar-refractivity contribution in [3.05, 3.63) is 17.8 Å². The van der Waals surface area contributed by atoms with E-state index in [0.29, 0.717) is 0 Å². The number of aromatic nitrogens is 2. The highest BCUT2D eigenvalue weighted by Gasteiger charge is 2.13. The molecule has 0 spiro atoms. The SMILES string of the molecule is CCc1ccc(NCC(C)(C)NC)nn1. The maximum atomic E-state index is 4.10. The summed E-state index contributed by atoms with van der Waals surface area (Å²) in [6, 6.07) is 3.97. The van der Waals surface area contributed by atoms with Crippen molar-refractivity contribution in [3.8, 4) is 0 Å². The van der Waals surface area contributed by atoms with Gasteiger partial charge in [0.1, 0.15) is 5.82 Å². The summed E-state index contributed by atoms with van der Waals surface area (Å²) in [6.45, 7) is 7.16. The highest BCUT2D eigenvalue weighted by molar-refractivity contribution is 5.33. The number of nitrogens with zero attached hydrogens (tertiary/aromatic N) is 2. The molecule has 4 nitrogen and oxygen atoms in total. The molecule has 0 radical (unpaired) electrons. The normalized spacial score (nSPS) is 11.5. The molecule has 84 valence electrons. The van der Waals surface area contributed by atoms with Gasteiger partial charge in [-0.2, -0.15) is 5.10 Å². The van der Waals surface area contributed by atoms with Gasteiger partial charge in [-0.05, 0) is 39.4 Å². The molecule has 1 aromatic rings. The summed E-state index contributed by atoms with van der Waals surface area (Å²) < 4.78 is 0. The standard InChI is InChI=1S/C11H20N4/c1-5-9-6-7-10(15-14-9)13-8-11(2,3)12-4/h6-7,12H,5,8H2,1-4H3,(H,13,15). The fraction of sp³-hybridized carbons (Fsp3) is 0.636. The number of hydrogen-bond donors (Lipinski definition) is 2. The monoisotopic (exact) mass is 208 g/mol. The van der Waals surface area contributed by atoms with Gasteiger partial charge < -0.3 is 10.6 Å². The zero-order chi connectivity index (χ0) is 11.3. The van der Waals surface area contributed by atoms with Gasteiger partial charge in [-0.1, -0.05) is 6.92 Å². The molecule has 0 saturated heterocycles. The third-order valence-electron chi connectivity index (χ3n) is 2.47. The lowest BCUT2D eigenvalue weighted by Gasteiger charge is -2.24. The van der Waals surface area contributed by atoms with Crippen molar-refractivity contribution in [2.45, 2.75) is 32.7 Å². The van der Waals surface area contributed by atoms with Crippen molar-refractivity contribution in [3.63, 3.8) is 0 Å². The minimum absolute atomic E-state index is 0.0606. The summed E-state index contributed by atoms with van der Waals surface area (Å²) in [4.78, 5) is 0. The second-order valence-corrected chi connectivity index (χ2v) is 4.25. The maximum absolute atomic E-state index is 4.10. The molecule has 0 aliphatic heterocycles. The predicted molar refractivity (Wildman–Crippen MR) is 63.0 cm³/mol. The first kappa shape index (κ1) is 11.9. The van der Waals surface area contributed by atoms with E-state index < -0.39 is 0 Å². The van der Waals surface area contributed by atoms with Crippen molar-refractivity contribution in [1.29, 1.82) is 0 Å². The van der Waals surface area contributed by atoms with Crippen LogP contribution >= 0.6 is 0 Å². The molecule has 0 aromatic carbocycles. The fourth-order valence-corrected chi connectivity index (χ4v) is 1.04. The maximum Gasteiger partial charge on any atom is 0.148 e. The summed E-state index contributed by atoms with van der Waals surface area (Å²) >= 11 is 0. The van der Waals surface area contributed by atoms with E-state index >= 15 is 0 Å². The van der Waals surface area contributed by atoms with Gasteiger partial charge in [0.25, 0.3) is 0 Å². The average molecular weight is 208 g/mol. The lowest BCUT2D eigenvalue weighted by atomic mass is 10.1. The number of aryl methyl sites for hydroxylation is 1. The second-order valence-electron chi connectivity index (χ2n) is 4.25. The predicted octanol–water partition coefficient (Wildman–Crippen LogP) is 1.45. The second kappa shape index (κ2) is 5.07. The van der Waals surface area contributed by atoms with E-state index in [2.05, 4.69) is 41.6 Å².